The Labute approximate surface area is 39.7 Å². The first-order chi connectivity index (χ1) is 2.89. The smallest absolute Gasteiger partial charge is 0.00885 e. The summed E-state index contributed by atoms with van der Waals surface area (Å²) in [5.41, 5.74) is 0. The zero-order chi connectivity index (χ0) is 4.41. The third-order valence-corrected chi connectivity index (χ3v) is 1.80. The van der Waals surface area contributed by atoms with Gasteiger partial charge in [-0.05, 0) is 24.5 Å². The van der Waals surface area contributed by atoms with Gasteiger partial charge in [-0.3, -0.25) is 0 Å². The lowest BCUT2D eigenvalue weighted by Crippen LogP contribution is -1.74. The van der Waals surface area contributed by atoms with Gasteiger partial charge < -0.3 is 0 Å². The minimum absolute atomic E-state index is 1.21. The van der Waals surface area contributed by atoms with Crippen molar-refractivity contribution in [2.24, 2.45) is 0 Å². The van der Waals surface area contributed by atoms with Gasteiger partial charge in [-0.15, -0.1) is 0 Å². The van der Waals surface area contributed by atoms with Crippen LogP contribution in [0.5, 0.6) is 0 Å². The molecular formula is C5H7P. The van der Waals surface area contributed by atoms with Crippen molar-refractivity contribution in [1.29, 1.82) is 0 Å². The van der Waals surface area contributed by atoms with E-state index in [-0.39, 0.29) is 0 Å². The van der Waals surface area contributed by atoms with Crippen molar-refractivity contribution in [2.45, 2.75) is 13.3 Å². The van der Waals surface area contributed by atoms with Crippen LogP contribution in [-0.4, -0.2) is 5.29 Å². The van der Waals surface area contributed by atoms with Crippen molar-refractivity contribution >= 4 is 13.5 Å². The van der Waals surface area contributed by atoms with Gasteiger partial charge in [0.2, 0.25) is 0 Å². The highest BCUT2D eigenvalue weighted by atomic mass is 31.1. The summed E-state index contributed by atoms with van der Waals surface area (Å²) >= 11 is 0. The second-order valence-electron chi connectivity index (χ2n) is 1.45. The van der Waals surface area contributed by atoms with Gasteiger partial charge in [0.05, 0.1) is 0 Å². The van der Waals surface area contributed by atoms with Crippen LogP contribution >= 0.6 is 8.20 Å². The molecule has 0 aromatic carbocycles. The highest BCUT2D eigenvalue weighted by Crippen LogP contribution is 2.12. The number of rotatable bonds is 0. The van der Waals surface area contributed by atoms with Gasteiger partial charge in [0.15, 0.2) is 0 Å². The lowest BCUT2D eigenvalue weighted by molar-refractivity contribution is 1.52. The van der Waals surface area contributed by atoms with Gasteiger partial charge in [0, 0.05) is 0 Å². The summed E-state index contributed by atoms with van der Waals surface area (Å²) in [6, 6.07) is 0. The maximum atomic E-state index is 2.21. The van der Waals surface area contributed by atoms with Crippen molar-refractivity contribution < 1.29 is 0 Å². The minimum Gasteiger partial charge on any atom is -0.0776 e. The van der Waals surface area contributed by atoms with Gasteiger partial charge >= 0.3 is 0 Å². The van der Waals surface area contributed by atoms with Gasteiger partial charge in [-0.2, -0.15) is 0 Å². The summed E-state index contributed by atoms with van der Waals surface area (Å²) in [7, 11) is 1.43. The largest absolute Gasteiger partial charge is 0.0776 e. The van der Waals surface area contributed by atoms with Gasteiger partial charge in [0.25, 0.3) is 0 Å². The molecule has 1 heteroatoms. The first-order valence-corrected chi connectivity index (χ1v) is 3.04. The zero-order valence-electron chi connectivity index (χ0n) is 3.81. The normalized spacial score (nSPS) is 21.2. The van der Waals surface area contributed by atoms with Crippen LogP contribution in [0.25, 0.3) is 0 Å². The lowest BCUT2D eigenvalue weighted by atomic mass is 10.3. The molecule has 0 amide bonds. The van der Waals surface area contributed by atoms with Crippen LogP contribution in [0.3, 0.4) is 0 Å². The summed E-state index contributed by atoms with van der Waals surface area (Å²) in [5.74, 6) is 2.19. The molecule has 0 unspecified atom stereocenters. The molecule has 0 radical (unpaired) electrons. The second kappa shape index (κ2) is 1.57. The van der Waals surface area contributed by atoms with Crippen LogP contribution in [0.15, 0.2) is 11.9 Å². The van der Waals surface area contributed by atoms with E-state index in [4.69, 9.17) is 0 Å². The van der Waals surface area contributed by atoms with E-state index in [2.05, 4.69) is 18.8 Å². The van der Waals surface area contributed by atoms with Crippen molar-refractivity contribution in [2.75, 3.05) is 0 Å². The van der Waals surface area contributed by atoms with E-state index >= 15 is 0 Å². The molecule has 0 saturated carbocycles. The third kappa shape index (κ3) is 0.693. The van der Waals surface area contributed by atoms with Gasteiger partial charge in [0.1, 0.15) is 0 Å². The van der Waals surface area contributed by atoms with E-state index in [1.165, 1.54) is 14.6 Å². The minimum atomic E-state index is 1.21. The van der Waals surface area contributed by atoms with Crippen LogP contribution in [0, 0.1) is 0 Å². The molecule has 0 saturated heterocycles. The zero-order valence-corrected chi connectivity index (χ0v) is 4.70. The fourth-order valence-electron chi connectivity index (χ4n) is 0.456. The molecule has 0 spiro atoms. The number of hydrogen-bond donors (Lipinski definition) is 0. The van der Waals surface area contributed by atoms with E-state index in [1.807, 2.05) is 0 Å². The Morgan fingerprint density at radius 2 is 2.67 bits per heavy atom. The summed E-state index contributed by atoms with van der Waals surface area (Å²) in [4.78, 5) is 0. The SMILES string of the molecule is CC1=PC=CC1. The molecule has 32 valence electrons. The highest BCUT2D eigenvalue weighted by Gasteiger charge is 1.87. The van der Waals surface area contributed by atoms with Crippen LogP contribution in [0.1, 0.15) is 13.3 Å². The Bertz CT molecular complexity index is 101. The predicted octanol–water partition coefficient (Wildman–Crippen LogP) is 2.04. The first-order valence-electron chi connectivity index (χ1n) is 2.08. The van der Waals surface area contributed by atoms with Crippen LogP contribution in [0.4, 0.5) is 0 Å². The Balaban J connectivity index is 2.61. The summed E-state index contributed by atoms with van der Waals surface area (Å²) in [6.07, 6.45) is 3.42. The summed E-state index contributed by atoms with van der Waals surface area (Å²) in [6.45, 7) is 2.18. The maximum absolute atomic E-state index is 2.21. The average Bonchev–Trinajstić information content (AvgIpc) is 1.86. The summed E-state index contributed by atoms with van der Waals surface area (Å²) in [5, 5.41) is 1.56. The summed E-state index contributed by atoms with van der Waals surface area (Å²) < 4.78 is 0. The van der Waals surface area contributed by atoms with Gasteiger partial charge in [-0.25, -0.2) is 0 Å². The highest BCUT2D eigenvalue weighted by molar-refractivity contribution is 7.44. The average molecular weight is 98.1 g/mol. The fourth-order valence-corrected chi connectivity index (χ4v) is 1.13. The molecular weight excluding hydrogens is 91.0 g/mol. The Morgan fingerprint density at radius 3 is 2.83 bits per heavy atom. The molecule has 1 aliphatic heterocycles. The molecule has 0 fully saturated rings. The lowest BCUT2D eigenvalue weighted by Gasteiger charge is -1.77. The molecule has 0 nitrogen and oxygen atoms in total. The van der Waals surface area contributed by atoms with Gasteiger partial charge in [-0.1, -0.05) is 14.3 Å². The molecule has 0 aromatic rings. The van der Waals surface area contributed by atoms with Crippen molar-refractivity contribution in [3.8, 4) is 0 Å². The Hall–Kier alpha value is -0.0900. The second-order valence-corrected chi connectivity index (χ2v) is 2.77. The van der Waals surface area contributed by atoms with E-state index in [1.54, 1.807) is 5.29 Å². The standard InChI is InChI=1S/C5H7P/c1-5-3-2-4-6-5/h2,4H,3H2,1H3. The molecule has 0 aliphatic carbocycles. The molecule has 0 aromatic heterocycles. The van der Waals surface area contributed by atoms with E-state index in [9.17, 15) is 0 Å². The third-order valence-electron chi connectivity index (χ3n) is 0.814. The van der Waals surface area contributed by atoms with Crippen molar-refractivity contribution in [3.05, 3.63) is 11.9 Å². The molecule has 0 N–H and O–H groups in total. The molecule has 1 aliphatic rings. The monoisotopic (exact) mass is 98.0 g/mol. The number of hydrogen-bond acceptors (Lipinski definition) is 0. The quantitative estimate of drug-likeness (QED) is 0.407. The molecule has 1 heterocycles. The van der Waals surface area contributed by atoms with Crippen LogP contribution < -0.4 is 0 Å². The van der Waals surface area contributed by atoms with Crippen molar-refractivity contribution in [1.82, 2.24) is 0 Å². The molecule has 0 atom stereocenters. The van der Waals surface area contributed by atoms with E-state index < -0.39 is 0 Å². The molecule has 6 heavy (non-hydrogen) atoms. The Kier molecular flexibility index (Phi) is 1.07. The van der Waals surface area contributed by atoms with Crippen molar-refractivity contribution in [3.63, 3.8) is 0 Å². The van der Waals surface area contributed by atoms with Crippen LogP contribution in [0.2, 0.25) is 0 Å². The molecule has 0 bridgehead atoms. The number of allylic oxidation sites excluding steroid dienone is 1. The maximum Gasteiger partial charge on any atom is -0.00885 e. The fraction of sp³-hybridized carbons (Fsp3) is 0.400. The molecule has 1 rings (SSSR count). The van der Waals surface area contributed by atoms with E-state index in [0.29, 0.717) is 0 Å². The van der Waals surface area contributed by atoms with E-state index in [0.717, 1.165) is 0 Å². The Morgan fingerprint density at radius 1 is 1.83 bits per heavy atom. The predicted molar refractivity (Wildman–Crippen MR) is 31.4 cm³/mol. The first kappa shape index (κ1) is 4.08. The van der Waals surface area contributed by atoms with Crippen LogP contribution in [-0.2, 0) is 0 Å². The topological polar surface area (TPSA) is 0 Å².